The predicted molar refractivity (Wildman–Crippen MR) is 102 cm³/mol. The maximum Gasteiger partial charge on any atom is 0.289 e. The molecule has 2 aromatic heterocycles. The molecule has 8 nitrogen and oxygen atoms in total. The van der Waals surface area contributed by atoms with Crippen LogP contribution in [-0.2, 0) is 4.74 Å². The van der Waals surface area contributed by atoms with Gasteiger partial charge in [0.1, 0.15) is 5.82 Å². The molecule has 0 spiro atoms. The first-order valence-corrected chi connectivity index (χ1v) is 9.65. The van der Waals surface area contributed by atoms with Crippen molar-refractivity contribution >= 4 is 17.6 Å². The number of aromatic nitrogens is 1. The van der Waals surface area contributed by atoms with Crippen LogP contribution in [0.5, 0.6) is 0 Å². The van der Waals surface area contributed by atoms with Gasteiger partial charge in [-0.2, -0.15) is 0 Å². The first-order chi connectivity index (χ1) is 13.7. The number of nitrogens with one attached hydrogen (secondary N) is 1. The Morgan fingerprint density at radius 2 is 2.04 bits per heavy atom. The molecule has 8 heteroatoms. The van der Waals surface area contributed by atoms with Crippen LogP contribution in [0.1, 0.15) is 33.8 Å². The molecule has 2 aliphatic rings. The van der Waals surface area contributed by atoms with Gasteiger partial charge in [0.15, 0.2) is 5.76 Å². The summed E-state index contributed by atoms with van der Waals surface area (Å²) in [5.74, 6) is 0.741. The van der Waals surface area contributed by atoms with E-state index in [4.69, 9.17) is 9.15 Å². The molecule has 0 bridgehead atoms. The fraction of sp³-hybridized carbons (Fsp3) is 0.450. The minimum atomic E-state index is -0.146. The molecule has 2 aromatic rings. The Morgan fingerprint density at radius 1 is 1.18 bits per heavy atom. The highest BCUT2D eigenvalue weighted by Crippen LogP contribution is 2.20. The molecule has 2 saturated heterocycles. The zero-order valence-corrected chi connectivity index (χ0v) is 15.7. The van der Waals surface area contributed by atoms with Gasteiger partial charge in [0, 0.05) is 45.5 Å². The standard InChI is InChI=1S/C20H24N4O4/c25-19(22-14-15-4-2-12-27-15)16-5-1-7-21-18(16)23-8-10-24(11-9-23)20(26)17-6-3-13-28-17/h1,3,5-7,13,15H,2,4,8-12,14H2,(H,22,25)/t15-/m1/s1. The van der Waals surface area contributed by atoms with Crippen molar-refractivity contribution in [3.05, 3.63) is 48.0 Å². The molecule has 2 fully saturated rings. The van der Waals surface area contributed by atoms with Crippen molar-refractivity contribution in [3.8, 4) is 0 Å². The van der Waals surface area contributed by atoms with E-state index in [0.717, 1.165) is 19.4 Å². The van der Waals surface area contributed by atoms with Crippen molar-refractivity contribution < 1.29 is 18.7 Å². The lowest BCUT2D eigenvalue weighted by molar-refractivity contribution is 0.0713. The molecule has 2 amide bonds. The third kappa shape index (κ3) is 4.01. The minimum Gasteiger partial charge on any atom is -0.459 e. The molecule has 0 saturated carbocycles. The highest BCUT2D eigenvalue weighted by molar-refractivity contribution is 5.99. The highest BCUT2D eigenvalue weighted by atomic mass is 16.5. The van der Waals surface area contributed by atoms with Crippen LogP contribution in [0.2, 0.25) is 0 Å². The second kappa shape index (κ2) is 8.43. The summed E-state index contributed by atoms with van der Waals surface area (Å²) in [7, 11) is 0. The van der Waals surface area contributed by atoms with E-state index in [9.17, 15) is 9.59 Å². The third-order valence-electron chi connectivity index (χ3n) is 5.14. The average Bonchev–Trinajstić information content (AvgIpc) is 3.46. The number of rotatable bonds is 5. The van der Waals surface area contributed by atoms with Crippen LogP contribution in [0, 0.1) is 0 Å². The number of hydrogen-bond donors (Lipinski definition) is 1. The monoisotopic (exact) mass is 384 g/mol. The number of nitrogens with zero attached hydrogens (tertiary/aromatic N) is 3. The van der Waals surface area contributed by atoms with Gasteiger partial charge in [-0.1, -0.05) is 0 Å². The lowest BCUT2D eigenvalue weighted by Crippen LogP contribution is -2.49. The van der Waals surface area contributed by atoms with Gasteiger partial charge in [-0.05, 0) is 37.1 Å². The quantitative estimate of drug-likeness (QED) is 0.842. The summed E-state index contributed by atoms with van der Waals surface area (Å²) in [6.07, 6.45) is 5.30. The van der Waals surface area contributed by atoms with E-state index in [-0.39, 0.29) is 17.9 Å². The Morgan fingerprint density at radius 3 is 2.75 bits per heavy atom. The van der Waals surface area contributed by atoms with E-state index in [1.54, 1.807) is 35.4 Å². The number of carbonyl (C=O) groups excluding carboxylic acids is 2. The van der Waals surface area contributed by atoms with E-state index >= 15 is 0 Å². The van der Waals surface area contributed by atoms with Crippen LogP contribution in [0.3, 0.4) is 0 Å². The Hall–Kier alpha value is -2.87. The van der Waals surface area contributed by atoms with Gasteiger partial charge < -0.3 is 24.3 Å². The smallest absolute Gasteiger partial charge is 0.289 e. The van der Waals surface area contributed by atoms with E-state index in [0.29, 0.717) is 49.9 Å². The van der Waals surface area contributed by atoms with Crippen molar-refractivity contribution in [3.63, 3.8) is 0 Å². The largest absolute Gasteiger partial charge is 0.459 e. The SMILES string of the molecule is O=C(NC[C@H]1CCCO1)c1cccnc1N1CCN(C(=O)c2ccco2)CC1. The number of carbonyl (C=O) groups is 2. The van der Waals surface area contributed by atoms with Crippen LogP contribution in [0.4, 0.5) is 5.82 Å². The van der Waals surface area contributed by atoms with Gasteiger partial charge >= 0.3 is 0 Å². The number of piperazine rings is 1. The summed E-state index contributed by atoms with van der Waals surface area (Å²) >= 11 is 0. The summed E-state index contributed by atoms with van der Waals surface area (Å²) in [6.45, 7) is 3.59. The topological polar surface area (TPSA) is 87.9 Å². The zero-order chi connectivity index (χ0) is 19.3. The van der Waals surface area contributed by atoms with Gasteiger partial charge in [0.2, 0.25) is 0 Å². The molecule has 0 unspecified atom stereocenters. The van der Waals surface area contributed by atoms with Crippen molar-refractivity contribution in [1.29, 1.82) is 0 Å². The van der Waals surface area contributed by atoms with E-state index in [1.807, 2.05) is 4.90 Å². The fourth-order valence-electron chi connectivity index (χ4n) is 3.61. The Balaban J connectivity index is 1.38. The second-order valence-corrected chi connectivity index (χ2v) is 6.98. The molecule has 0 aromatic carbocycles. The van der Waals surface area contributed by atoms with Crippen LogP contribution in [0.25, 0.3) is 0 Å². The highest BCUT2D eigenvalue weighted by Gasteiger charge is 2.27. The molecule has 2 aliphatic heterocycles. The third-order valence-corrected chi connectivity index (χ3v) is 5.14. The molecule has 1 atom stereocenters. The van der Waals surface area contributed by atoms with Crippen molar-refractivity contribution in [2.24, 2.45) is 0 Å². The molecular formula is C20H24N4O4. The van der Waals surface area contributed by atoms with Crippen LogP contribution in [-0.4, -0.2) is 67.1 Å². The van der Waals surface area contributed by atoms with Crippen molar-refractivity contribution in [2.45, 2.75) is 18.9 Å². The van der Waals surface area contributed by atoms with Gasteiger partial charge in [-0.15, -0.1) is 0 Å². The molecule has 148 valence electrons. The summed E-state index contributed by atoms with van der Waals surface area (Å²) in [5, 5.41) is 2.96. The maximum atomic E-state index is 12.7. The average molecular weight is 384 g/mol. The van der Waals surface area contributed by atoms with Crippen molar-refractivity contribution in [2.75, 3.05) is 44.2 Å². The number of hydrogen-bond acceptors (Lipinski definition) is 6. The van der Waals surface area contributed by atoms with Crippen LogP contribution in [0.15, 0.2) is 41.1 Å². The fourth-order valence-corrected chi connectivity index (χ4v) is 3.61. The number of ether oxygens (including phenoxy) is 1. The number of anilines is 1. The molecular weight excluding hydrogens is 360 g/mol. The maximum absolute atomic E-state index is 12.7. The second-order valence-electron chi connectivity index (χ2n) is 6.98. The summed E-state index contributed by atoms with van der Waals surface area (Å²) < 4.78 is 10.8. The first-order valence-electron chi connectivity index (χ1n) is 9.65. The molecule has 0 radical (unpaired) electrons. The summed E-state index contributed by atoms with van der Waals surface area (Å²) in [5.41, 5.74) is 0.548. The minimum absolute atomic E-state index is 0.0974. The van der Waals surface area contributed by atoms with Gasteiger partial charge in [-0.25, -0.2) is 4.98 Å². The van der Waals surface area contributed by atoms with Gasteiger partial charge in [0.25, 0.3) is 11.8 Å². The lowest BCUT2D eigenvalue weighted by Gasteiger charge is -2.35. The van der Waals surface area contributed by atoms with Crippen LogP contribution < -0.4 is 10.2 Å². The Kier molecular flexibility index (Phi) is 5.57. The van der Waals surface area contributed by atoms with E-state index < -0.39 is 0 Å². The lowest BCUT2D eigenvalue weighted by atomic mass is 10.2. The Bertz CT molecular complexity index is 809. The summed E-state index contributed by atoms with van der Waals surface area (Å²) in [4.78, 5) is 33.3. The van der Waals surface area contributed by atoms with Gasteiger partial charge in [0.05, 0.1) is 17.9 Å². The van der Waals surface area contributed by atoms with Crippen molar-refractivity contribution in [1.82, 2.24) is 15.2 Å². The first kappa shape index (κ1) is 18.5. The number of amides is 2. The van der Waals surface area contributed by atoms with Crippen LogP contribution >= 0.6 is 0 Å². The number of furan rings is 1. The molecule has 28 heavy (non-hydrogen) atoms. The molecule has 0 aliphatic carbocycles. The summed E-state index contributed by atoms with van der Waals surface area (Å²) in [6, 6.07) is 6.93. The molecule has 4 heterocycles. The Labute approximate surface area is 163 Å². The number of pyridine rings is 1. The van der Waals surface area contributed by atoms with E-state index in [2.05, 4.69) is 10.3 Å². The van der Waals surface area contributed by atoms with E-state index in [1.165, 1.54) is 6.26 Å². The predicted octanol–water partition coefficient (Wildman–Crippen LogP) is 1.55. The zero-order valence-electron chi connectivity index (χ0n) is 15.7. The van der Waals surface area contributed by atoms with Gasteiger partial charge in [-0.3, -0.25) is 9.59 Å². The molecule has 4 rings (SSSR count). The normalized spacial score (nSPS) is 19.6. The molecule has 1 N–H and O–H groups in total.